The lowest BCUT2D eigenvalue weighted by Crippen LogP contribution is -2.32. The Morgan fingerprint density at radius 1 is 1.23 bits per heavy atom. The second kappa shape index (κ2) is 6.03. The summed E-state index contributed by atoms with van der Waals surface area (Å²) in [5, 5.41) is 0. The Kier molecular flexibility index (Phi) is 4.91. The van der Waals surface area contributed by atoms with E-state index in [2.05, 4.69) is 18.7 Å². The average Bonchev–Trinajstić information content (AvgIpc) is 2.14. The molecule has 0 aromatic carbocycles. The van der Waals surface area contributed by atoms with Crippen molar-refractivity contribution in [3.05, 3.63) is 11.8 Å². The molecule has 0 amide bonds. The van der Waals surface area contributed by atoms with Crippen molar-refractivity contribution in [2.24, 2.45) is 0 Å². The Morgan fingerprint density at radius 2 is 1.92 bits per heavy atom. The molecular weight excluding hydrogens is 162 g/mol. The molecule has 1 aliphatic heterocycles. The van der Waals surface area contributed by atoms with E-state index in [1.165, 1.54) is 37.9 Å². The van der Waals surface area contributed by atoms with Gasteiger partial charge in [0.25, 0.3) is 0 Å². The van der Waals surface area contributed by atoms with E-state index < -0.39 is 0 Å². The summed E-state index contributed by atoms with van der Waals surface area (Å²) in [6.07, 6.45) is 5.99. The van der Waals surface area contributed by atoms with Crippen LogP contribution >= 0.6 is 0 Å². The molecule has 0 radical (unpaired) electrons. The quantitative estimate of drug-likeness (QED) is 0.490. The van der Waals surface area contributed by atoms with Gasteiger partial charge in [0.2, 0.25) is 0 Å². The van der Waals surface area contributed by atoms with Crippen molar-refractivity contribution in [2.45, 2.75) is 33.1 Å². The van der Waals surface area contributed by atoms with Crippen LogP contribution in [0.2, 0.25) is 0 Å². The Morgan fingerprint density at radius 3 is 2.54 bits per heavy atom. The van der Waals surface area contributed by atoms with Gasteiger partial charge in [-0.1, -0.05) is 6.42 Å². The molecule has 1 aliphatic rings. The molecule has 2 nitrogen and oxygen atoms in total. The number of hydrogen-bond acceptors (Lipinski definition) is 2. The minimum Gasteiger partial charge on any atom is -0.500 e. The SMILES string of the molecule is CC(C)=COCCN1CCCCC1. The van der Waals surface area contributed by atoms with Gasteiger partial charge in [-0.2, -0.15) is 0 Å². The first kappa shape index (κ1) is 10.6. The largest absolute Gasteiger partial charge is 0.500 e. The Hall–Kier alpha value is -0.500. The fourth-order valence-electron chi connectivity index (χ4n) is 1.59. The predicted molar refractivity (Wildman–Crippen MR) is 55.7 cm³/mol. The molecule has 0 aromatic rings. The number of rotatable bonds is 4. The second-order valence-electron chi connectivity index (χ2n) is 3.97. The van der Waals surface area contributed by atoms with Crippen LogP contribution in [0.5, 0.6) is 0 Å². The zero-order valence-corrected chi connectivity index (χ0v) is 8.88. The van der Waals surface area contributed by atoms with Gasteiger partial charge in [-0.15, -0.1) is 0 Å². The Balaban J connectivity index is 2.01. The molecule has 0 bridgehead atoms. The zero-order chi connectivity index (χ0) is 9.52. The Labute approximate surface area is 81.6 Å². The molecule has 0 atom stereocenters. The molecule has 13 heavy (non-hydrogen) atoms. The molecule has 0 N–H and O–H groups in total. The van der Waals surface area contributed by atoms with Crippen LogP contribution in [0.25, 0.3) is 0 Å². The van der Waals surface area contributed by atoms with Crippen LogP contribution in [0.3, 0.4) is 0 Å². The fourth-order valence-corrected chi connectivity index (χ4v) is 1.59. The highest BCUT2D eigenvalue weighted by Crippen LogP contribution is 2.07. The van der Waals surface area contributed by atoms with E-state index >= 15 is 0 Å². The van der Waals surface area contributed by atoms with Crippen LogP contribution in [0, 0.1) is 0 Å². The lowest BCUT2D eigenvalue weighted by atomic mass is 10.1. The van der Waals surface area contributed by atoms with Crippen LogP contribution in [0.4, 0.5) is 0 Å². The van der Waals surface area contributed by atoms with Gasteiger partial charge in [-0.3, -0.25) is 4.90 Å². The number of likely N-dealkylation sites (tertiary alicyclic amines) is 1. The molecule has 2 heteroatoms. The number of piperidine rings is 1. The van der Waals surface area contributed by atoms with E-state index in [-0.39, 0.29) is 0 Å². The summed E-state index contributed by atoms with van der Waals surface area (Å²) in [7, 11) is 0. The van der Waals surface area contributed by atoms with Gasteiger partial charge >= 0.3 is 0 Å². The van der Waals surface area contributed by atoms with Crippen molar-refractivity contribution in [3.8, 4) is 0 Å². The molecule has 1 saturated heterocycles. The number of allylic oxidation sites excluding steroid dienone is 1. The van der Waals surface area contributed by atoms with Gasteiger partial charge in [0.15, 0.2) is 0 Å². The van der Waals surface area contributed by atoms with Crippen molar-refractivity contribution in [3.63, 3.8) is 0 Å². The van der Waals surface area contributed by atoms with Crippen LogP contribution < -0.4 is 0 Å². The summed E-state index contributed by atoms with van der Waals surface area (Å²) >= 11 is 0. The fraction of sp³-hybridized carbons (Fsp3) is 0.818. The number of ether oxygens (including phenoxy) is 1. The molecule has 1 rings (SSSR count). The van der Waals surface area contributed by atoms with E-state index in [1.807, 2.05) is 6.26 Å². The van der Waals surface area contributed by atoms with E-state index in [0.717, 1.165) is 13.2 Å². The topological polar surface area (TPSA) is 12.5 Å². The molecule has 0 unspecified atom stereocenters. The molecule has 0 aliphatic carbocycles. The summed E-state index contributed by atoms with van der Waals surface area (Å²) in [5.41, 5.74) is 1.23. The van der Waals surface area contributed by atoms with Crippen molar-refractivity contribution in [1.29, 1.82) is 0 Å². The predicted octanol–water partition coefficient (Wildman–Crippen LogP) is 2.41. The highest BCUT2D eigenvalue weighted by atomic mass is 16.5. The van der Waals surface area contributed by atoms with Gasteiger partial charge in [-0.05, 0) is 45.4 Å². The monoisotopic (exact) mass is 183 g/mol. The first-order valence-corrected chi connectivity index (χ1v) is 5.26. The van der Waals surface area contributed by atoms with Crippen LogP contribution in [-0.2, 0) is 4.74 Å². The zero-order valence-electron chi connectivity index (χ0n) is 8.88. The molecule has 0 spiro atoms. The molecular formula is C11H21NO. The first-order chi connectivity index (χ1) is 6.29. The summed E-state index contributed by atoms with van der Waals surface area (Å²) < 4.78 is 5.39. The third-order valence-electron chi connectivity index (χ3n) is 2.29. The second-order valence-corrected chi connectivity index (χ2v) is 3.97. The third kappa shape index (κ3) is 4.94. The van der Waals surface area contributed by atoms with Gasteiger partial charge in [0, 0.05) is 6.54 Å². The van der Waals surface area contributed by atoms with Gasteiger partial charge in [0.1, 0.15) is 0 Å². The molecule has 1 heterocycles. The van der Waals surface area contributed by atoms with E-state index in [4.69, 9.17) is 4.74 Å². The summed E-state index contributed by atoms with van der Waals surface area (Å²) in [4.78, 5) is 2.49. The van der Waals surface area contributed by atoms with Crippen molar-refractivity contribution >= 4 is 0 Å². The molecule has 76 valence electrons. The van der Waals surface area contributed by atoms with Crippen molar-refractivity contribution < 1.29 is 4.74 Å². The number of nitrogens with zero attached hydrogens (tertiary/aromatic N) is 1. The highest BCUT2D eigenvalue weighted by Gasteiger charge is 2.08. The standard InChI is InChI=1S/C11H21NO/c1-11(2)10-13-9-8-12-6-4-3-5-7-12/h10H,3-9H2,1-2H3. The normalized spacial score (nSPS) is 18.3. The maximum atomic E-state index is 5.39. The molecule has 1 fully saturated rings. The van der Waals surface area contributed by atoms with Gasteiger partial charge < -0.3 is 4.74 Å². The average molecular weight is 183 g/mol. The van der Waals surface area contributed by atoms with E-state index in [1.54, 1.807) is 0 Å². The van der Waals surface area contributed by atoms with Crippen LogP contribution in [0.1, 0.15) is 33.1 Å². The molecule has 0 aromatic heterocycles. The summed E-state index contributed by atoms with van der Waals surface area (Å²) in [6, 6.07) is 0. The summed E-state index contributed by atoms with van der Waals surface area (Å²) in [6.45, 7) is 8.56. The minimum atomic E-state index is 0.838. The van der Waals surface area contributed by atoms with Crippen molar-refractivity contribution in [1.82, 2.24) is 4.90 Å². The van der Waals surface area contributed by atoms with Gasteiger partial charge in [0.05, 0.1) is 12.9 Å². The van der Waals surface area contributed by atoms with Gasteiger partial charge in [-0.25, -0.2) is 0 Å². The third-order valence-corrected chi connectivity index (χ3v) is 2.29. The Bertz CT molecular complexity index is 155. The van der Waals surface area contributed by atoms with E-state index in [9.17, 15) is 0 Å². The van der Waals surface area contributed by atoms with E-state index in [0.29, 0.717) is 0 Å². The highest BCUT2D eigenvalue weighted by molar-refractivity contribution is 4.86. The maximum absolute atomic E-state index is 5.39. The van der Waals surface area contributed by atoms with Crippen LogP contribution in [0.15, 0.2) is 11.8 Å². The minimum absolute atomic E-state index is 0.838. The lowest BCUT2D eigenvalue weighted by molar-refractivity contribution is 0.158. The van der Waals surface area contributed by atoms with Crippen LogP contribution in [-0.4, -0.2) is 31.1 Å². The maximum Gasteiger partial charge on any atom is 0.1000 e. The lowest BCUT2D eigenvalue weighted by Gasteiger charge is -2.25. The first-order valence-electron chi connectivity index (χ1n) is 5.26. The smallest absolute Gasteiger partial charge is 0.1000 e. The summed E-state index contributed by atoms with van der Waals surface area (Å²) in [5.74, 6) is 0. The van der Waals surface area contributed by atoms with Crippen molar-refractivity contribution in [2.75, 3.05) is 26.2 Å². The number of hydrogen-bond donors (Lipinski definition) is 0. The molecule has 0 saturated carbocycles.